The fourth-order valence-corrected chi connectivity index (χ4v) is 4.73. The Balaban J connectivity index is 1.81. The number of aromatic nitrogens is 1. The fraction of sp³-hybridized carbons (Fsp3) is 0.438. The lowest BCUT2D eigenvalue weighted by Crippen LogP contribution is -2.48. The van der Waals surface area contributed by atoms with Gasteiger partial charge in [-0.3, -0.25) is 4.84 Å². The number of H-pyrrole nitrogens is 1. The number of phenols is 1. The molecule has 4 rings (SSSR count). The molecule has 1 aromatic heterocycles. The van der Waals surface area contributed by atoms with Crippen LogP contribution in [0.3, 0.4) is 0 Å². The number of amides is 1. The van der Waals surface area contributed by atoms with Gasteiger partial charge in [0.15, 0.2) is 0 Å². The van der Waals surface area contributed by atoms with E-state index >= 15 is 0 Å². The quantitative estimate of drug-likeness (QED) is 0.648. The Hall–Kier alpha value is -1.42. The van der Waals surface area contributed by atoms with Gasteiger partial charge < -0.3 is 20.1 Å². The highest BCUT2D eigenvalue weighted by molar-refractivity contribution is 9.10. The zero-order chi connectivity index (χ0) is 17.6. The molecule has 1 fully saturated rings. The first-order valence-corrected chi connectivity index (χ1v) is 9.88. The Morgan fingerprint density at radius 2 is 2.40 bits per heavy atom. The van der Waals surface area contributed by atoms with E-state index in [1.807, 2.05) is 11.1 Å². The molecule has 2 aromatic rings. The molecule has 0 radical (unpaired) electrons. The van der Waals surface area contributed by atoms with Gasteiger partial charge in [-0.25, -0.2) is 4.79 Å². The van der Waals surface area contributed by atoms with Crippen LogP contribution in [0.25, 0.3) is 10.9 Å². The van der Waals surface area contributed by atoms with Crippen molar-refractivity contribution in [2.75, 3.05) is 25.3 Å². The van der Waals surface area contributed by atoms with Crippen molar-refractivity contribution in [1.82, 2.24) is 15.4 Å². The average molecular weight is 428 g/mol. The Kier molecular flexibility index (Phi) is 4.57. The summed E-state index contributed by atoms with van der Waals surface area (Å²) in [5, 5.41) is 15.9. The molecule has 1 saturated heterocycles. The number of methoxy groups -OCH3 is 1. The average Bonchev–Trinajstić information content (AvgIpc) is 2.81. The van der Waals surface area contributed by atoms with Crippen molar-refractivity contribution in [3.8, 4) is 5.75 Å². The second-order valence-electron chi connectivity index (χ2n) is 6.06. The molecule has 2 aliphatic rings. The van der Waals surface area contributed by atoms with Gasteiger partial charge in [-0.1, -0.05) is 0 Å². The first-order valence-electron chi connectivity index (χ1n) is 7.93. The number of nitrogens with one attached hydrogen (secondary N) is 2. The van der Waals surface area contributed by atoms with Crippen LogP contribution in [0.2, 0.25) is 0 Å². The molecule has 3 N–H and O–H groups in total. The topological polar surface area (TPSA) is 86.8 Å². The van der Waals surface area contributed by atoms with Crippen molar-refractivity contribution in [2.45, 2.75) is 18.5 Å². The van der Waals surface area contributed by atoms with Crippen LogP contribution in [0.15, 0.2) is 16.6 Å². The number of carbonyl (C=O) groups excluding carboxylic acids is 1. The highest BCUT2D eigenvalue weighted by Crippen LogP contribution is 2.41. The number of phenolic OH excluding ortho intramolecular Hbond substituents is 1. The Bertz CT molecular complexity index is 827. The maximum Gasteiger partial charge on any atom is 0.407 e. The number of carbonyl (C=O) groups is 1. The molecule has 0 aliphatic carbocycles. The molecule has 0 saturated carbocycles. The molecule has 134 valence electrons. The zero-order valence-corrected chi connectivity index (χ0v) is 15.9. The number of nitrogens with zero attached hydrogens (tertiary/aromatic N) is 1. The lowest BCUT2D eigenvalue weighted by atomic mass is 9.94. The second-order valence-corrected chi connectivity index (χ2v) is 7.89. The summed E-state index contributed by atoms with van der Waals surface area (Å²) in [5.74, 6) is 1.49. The lowest BCUT2D eigenvalue weighted by Gasteiger charge is -2.36. The number of ether oxygens (including phenoxy) is 1. The molecule has 0 spiro atoms. The summed E-state index contributed by atoms with van der Waals surface area (Å²) in [6, 6.07) is 3.37. The number of fused-ring (bicyclic) bond motifs is 5. The van der Waals surface area contributed by atoms with Crippen LogP contribution in [-0.4, -0.2) is 52.6 Å². The molecule has 25 heavy (non-hydrogen) atoms. The number of thioether (sulfide) groups is 1. The predicted molar refractivity (Wildman–Crippen MR) is 98.6 cm³/mol. The Morgan fingerprint density at radius 1 is 1.56 bits per heavy atom. The summed E-state index contributed by atoms with van der Waals surface area (Å²) in [7, 11) is 1.36. The molecule has 2 aliphatic heterocycles. The van der Waals surface area contributed by atoms with Gasteiger partial charge in [-0.05, 0) is 40.0 Å². The normalized spacial score (nSPS) is 23.6. The zero-order valence-electron chi connectivity index (χ0n) is 13.5. The van der Waals surface area contributed by atoms with Gasteiger partial charge >= 0.3 is 6.09 Å². The molecule has 2 atom stereocenters. The molecule has 0 unspecified atom stereocenters. The monoisotopic (exact) mass is 427 g/mol. The van der Waals surface area contributed by atoms with Gasteiger partial charge in [0.2, 0.25) is 0 Å². The van der Waals surface area contributed by atoms with E-state index in [0.29, 0.717) is 10.4 Å². The van der Waals surface area contributed by atoms with Gasteiger partial charge in [0.25, 0.3) is 0 Å². The SMILES string of the molecule is COC(=O)N[C@@H]1CSCON2CCc3c([nH]c4cc(Br)c(O)cc34)[C@H]12. The summed E-state index contributed by atoms with van der Waals surface area (Å²) >= 11 is 5.00. The van der Waals surface area contributed by atoms with E-state index in [-0.39, 0.29) is 17.8 Å². The van der Waals surface area contributed by atoms with Crippen molar-refractivity contribution >= 4 is 44.7 Å². The number of hydroxylamine groups is 2. The Morgan fingerprint density at radius 3 is 3.20 bits per heavy atom. The first-order chi connectivity index (χ1) is 12.1. The minimum absolute atomic E-state index is 0.133. The van der Waals surface area contributed by atoms with Crippen molar-refractivity contribution in [1.29, 1.82) is 0 Å². The van der Waals surface area contributed by atoms with Crippen LogP contribution in [0, 0.1) is 0 Å². The summed E-state index contributed by atoms with van der Waals surface area (Å²) in [6.07, 6.45) is 0.360. The standard InChI is InChI=1S/C16H18BrN3O4S/c1-23-16(22)19-12-6-25-7-24-20-3-2-8-9-4-13(21)10(17)5-11(9)18-14(8)15(12)20/h4-5,12,15,18,21H,2-3,6-7H2,1H3,(H,19,22)/t12-,15+/m1/s1. The van der Waals surface area contributed by atoms with Crippen LogP contribution in [0.5, 0.6) is 5.75 Å². The van der Waals surface area contributed by atoms with E-state index < -0.39 is 6.09 Å². The maximum atomic E-state index is 11.8. The summed E-state index contributed by atoms with van der Waals surface area (Å²) in [5.41, 5.74) is 3.12. The van der Waals surface area contributed by atoms with Crippen molar-refractivity contribution in [3.05, 3.63) is 27.9 Å². The molecule has 1 amide bonds. The van der Waals surface area contributed by atoms with Gasteiger partial charge in [0.05, 0.1) is 23.7 Å². The Labute approximate surface area is 157 Å². The van der Waals surface area contributed by atoms with Crippen molar-refractivity contribution in [2.24, 2.45) is 0 Å². The molecular formula is C16H18BrN3O4S. The summed E-state index contributed by atoms with van der Waals surface area (Å²) in [4.78, 5) is 21.1. The van der Waals surface area contributed by atoms with Crippen LogP contribution in [-0.2, 0) is 16.0 Å². The van der Waals surface area contributed by atoms with Crippen LogP contribution < -0.4 is 5.32 Å². The highest BCUT2D eigenvalue weighted by Gasteiger charge is 2.39. The number of alkyl carbamates (subject to hydrolysis) is 1. The molecule has 1 aromatic carbocycles. The smallest absolute Gasteiger partial charge is 0.407 e. The summed E-state index contributed by atoms with van der Waals surface area (Å²) < 4.78 is 5.43. The third kappa shape index (κ3) is 2.99. The predicted octanol–water partition coefficient (Wildman–Crippen LogP) is 2.90. The van der Waals surface area contributed by atoms with E-state index in [0.717, 1.165) is 40.9 Å². The summed E-state index contributed by atoms with van der Waals surface area (Å²) in [6.45, 7) is 0.724. The number of rotatable bonds is 1. The number of hydrogen-bond acceptors (Lipinski definition) is 6. The molecule has 3 heterocycles. The van der Waals surface area contributed by atoms with Crippen LogP contribution >= 0.6 is 27.7 Å². The van der Waals surface area contributed by atoms with Crippen molar-refractivity contribution in [3.63, 3.8) is 0 Å². The van der Waals surface area contributed by atoms with Gasteiger partial charge in [-0.2, -0.15) is 5.06 Å². The third-order valence-corrected chi connectivity index (χ3v) is 6.17. The van der Waals surface area contributed by atoms with Crippen LogP contribution in [0.1, 0.15) is 17.3 Å². The van der Waals surface area contributed by atoms with Crippen LogP contribution in [0.4, 0.5) is 4.79 Å². The third-order valence-electron chi connectivity index (χ3n) is 4.66. The van der Waals surface area contributed by atoms with E-state index in [1.165, 1.54) is 7.11 Å². The van der Waals surface area contributed by atoms with Gasteiger partial charge in [0, 0.05) is 28.9 Å². The maximum absolute atomic E-state index is 11.8. The minimum Gasteiger partial charge on any atom is -0.507 e. The number of aromatic hydroxyl groups is 1. The highest BCUT2D eigenvalue weighted by atomic mass is 79.9. The molecule has 7 nitrogen and oxygen atoms in total. The molecule has 0 bridgehead atoms. The number of hydrogen-bond donors (Lipinski definition) is 3. The number of benzene rings is 1. The second kappa shape index (κ2) is 6.71. The number of halogens is 1. The minimum atomic E-state index is -0.448. The van der Waals surface area contributed by atoms with E-state index in [1.54, 1.807) is 17.8 Å². The largest absolute Gasteiger partial charge is 0.507 e. The van der Waals surface area contributed by atoms with Gasteiger partial charge in [0.1, 0.15) is 11.7 Å². The molecule has 9 heteroatoms. The van der Waals surface area contributed by atoms with E-state index in [9.17, 15) is 9.90 Å². The van der Waals surface area contributed by atoms with Crippen molar-refractivity contribution < 1.29 is 19.5 Å². The lowest BCUT2D eigenvalue weighted by molar-refractivity contribution is -0.177. The van der Waals surface area contributed by atoms with E-state index in [4.69, 9.17) is 9.57 Å². The van der Waals surface area contributed by atoms with Gasteiger partial charge in [-0.15, -0.1) is 11.8 Å². The number of aromatic amines is 1. The molecular weight excluding hydrogens is 410 g/mol. The first kappa shape index (κ1) is 17.0. The van der Waals surface area contributed by atoms with E-state index in [2.05, 4.69) is 26.2 Å². The fourth-order valence-electron chi connectivity index (χ4n) is 3.56.